The SMILES string of the molecule is COCC1CCCN(c2nc3ccccn3c2C(=O)O)C1. The van der Waals surface area contributed by atoms with Gasteiger partial charge in [-0.2, -0.15) is 0 Å². The van der Waals surface area contributed by atoms with Crippen LogP contribution >= 0.6 is 0 Å². The number of rotatable bonds is 4. The van der Waals surface area contributed by atoms with Gasteiger partial charge in [0.15, 0.2) is 11.5 Å². The van der Waals surface area contributed by atoms with Crippen LogP contribution in [-0.2, 0) is 4.74 Å². The van der Waals surface area contributed by atoms with Gasteiger partial charge >= 0.3 is 5.97 Å². The zero-order valence-electron chi connectivity index (χ0n) is 12.0. The predicted molar refractivity (Wildman–Crippen MR) is 79.0 cm³/mol. The smallest absolute Gasteiger partial charge is 0.356 e. The average Bonchev–Trinajstić information content (AvgIpc) is 2.87. The number of carbonyl (C=O) groups is 1. The molecule has 1 aliphatic heterocycles. The fourth-order valence-electron chi connectivity index (χ4n) is 3.03. The van der Waals surface area contributed by atoms with Gasteiger partial charge in [-0.3, -0.25) is 4.40 Å². The number of piperidine rings is 1. The molecular weight excluding hydrogens is 270 g/mol. The van der Waals surface area contributed by atoms with Crippen LogP contribution in [0.1, 0.15) is 23.3 Å². The number of imidazole rings is 1. The molecule has 21 heavy (non-hydrogen) atoms. The minimum Gasteiger partial charge on any atom is -0.476 e. The lowest BCUT2D eigenvalue weighted by molar-refractivity contribution is 0.0690. The Hall–Kier alpha value is -2.08. The first-order valence-corrected chi connectivity index (χ1v) is 7.15. The Labute approximate surface area is 123 Å². The molecule has 0 aromatic carbocycles. The van der Waals surface area contributed by atoms with E-state index >= 15 is 0 Å². The molecule has 0 amide bonds. The number of hydrogen-bond donors (Lipinski definition) is 1. The van der Waals surface area contributed by atoms with Gasteiger partial charge in [-0.25, -0.2) is 9.78 Å². The van der Waals surface area contributed by atoms with Crippen LogP contribution < -0.4 is 4.90 Å². The van der Waals surface area contributed by atoms with Gasteiger partial charge < -0.3 is 14.7 Å². The second-order valence-corrected chi connectivity index (χ2v) is 5.43. The van der Waals surface area contributed by atoms with Gasteiger partial charge in [-0.15, -0.1) is 0 Å². The molecule has 2 aromatic heterocycles. The molecule has 2 aromatic rings. The first kappa shape index (κ1) is 13.9. The maximum atomic E-state index is 11.6. The van der Waals surface area contributed by atoms with Crippen molar-refractivity contribution in [2.45, 2.75) is 12.8 Å². The Balaban J connectivity index is 1.99. The molecule has 1 fully saturated rings. The van der Waals surface area contributed by atoms with E-state index in [0.29, 0.717) is 24.0 Å². The van der Waals surface area contributed by atoms with E-state index in [1.54, 1.807) is 17.7 Å². The number of carboxylic acid groups (broad SMARTS) is 1. The van der Waals surface area contributed by atoms with Crippen molar-refractivity contribution in [3.63, 3.8) is 0 Å². The molecule has 1 saturated heterocycles. The fraction of sp³-hybridized carbons (Fsp3) is 0.467. The number of aromatic carboxylic acids is 1. The van der Waals surface area contributed by atoms with Crippen LogP contribution in [0.2, 0.25) is 0 Å². The molecule has 3 heterocycles. The van der Waals surface area contributed by atoms with Gasteiger partial charge in [-0.05, 0) is 30.9 Å². The minimum absolute atomic E-state index is 0.240. The van der Waals surface area contributed by atoms with Crippen LogP contribution in [0.3, 0.4) is 0 Å². The molecule has 1 atom stereocenters. The van der Waals surface area contributed by atoms with Crippen LogP contribution in [0.25, 0.3) is 5.65 Å². The van der Waals surface area contributed by atoms with Crippen LogP contribution in [0.15, 0.2) is 24.4 Å². The summed E-state index contributed by atoms with van der Waals surface area (Å²) in [5.74, 6) is 0.0438. The summed E-state index contributed by atoms with van der Waals surface area (Å²) in [5, 5.41) is 9.54. The lowest BCUT2D eigenvalue weighted by Gasteiger charge is -2.32. The average molecular weight is 289 g/mol. The summed E-state index contributed by atoms with van der Waals surface area (Å²) >= 11 is 0. The second-order valence-electron chi connectivity index (χ2n) is 5.43. The molecule has 3 rings (SSSR count). The Morgan fingerprint density at radius 1 is 1.52 bits per heavy atom. The van der Waals surface area contributed by atoms with E-state index in [1.165, 1.54) is 0 Å². The Kier molecular flexibility index (Phi) is 3.79. The molecule has 1 aliphatic rings. The summed E-state index contributed by atoms with van der Waals surface area (Å²) in [4.78, 5) is 18.2. The number of anilines is 1. The summed E-state index contributed by atoms with van der Waals surface area (Å²) in [7, 11) is 1.70. The molecule has 1 unspecified atom stereocenters. The normalized spacial score (nSPS) is 19.1. The van der Waals surface area contributed by atoms with E-state index in [2.05, 4.69) is 9.88 Å². The molecule has 0 aliphatic carbocycles. The number of ether oxygens (including phenoxy) is 1. The first-order valence-electron chi connectivity index (χ1n) is 7.15. The third-order valence-electron chi connectivity index (χ3n) is 3.93. The Morgan fingerprint density at radius 2 is 2.38 bits per heavy atom. The van der Waals surface area contributed by atoms with E-state index < -0.39 is 5.97 Å². The number of fused-ring (bicyclic) bond motifs is 1. The maximum absolute atomic E-state index is 11.6. The number of aromatic nitrogens is 2. The van der Waals surface area contributed by atoms with Crippen molar-refractivity contribution in [2.24, 2.45) is 5.92 Å². The van der Waals surface area contributed by atoms with Gasteiger partial charge in [0.1, 0.15) is 5.65 Å². The van der Waals surface area contributed by atoms with E-state index in [-0.39, 0.29) is 5.69 Å². The molecule has 0 radical (unpaired) electrons. The second kappa shape index (κ2) is 5.73. The van der Waals surface area contributed by atoms with Crippen molar-refractivity contribution in [3.05, 3.63) is 30.1 Å². The molecule has 6 nitrogen and oxygen atoms in total. The van der Waals surface area contributed by atoms with Crippen molar-refractivity contribution in [3.8, 4) is 0 Å². The third kappa shape index (κ3) is 2.58. The standard InChI is InChI=1S/C15H19N3O3/c1-21-10-11-5-4-7-17(9-11)14-13(15(19)20)18-8-3-2-6-12(18)16-14/h2-3,6,8,11H,4-5,7,9-10H2,1H3,(H,19,20). The van der Waals surface area contributed by atoms with Gasteiger partial charge in [0.2, 0.25) is 0 Å². The topological polar surface area (TPSA) is 67.1 Å². The lowest BCUT2D eigenvalue weighted by atomic mass is 9.99. The van der Waals surface area contributed by atoms with E-state index in [0.717, 1.165) is 25.9 Å². The number of carboxylic acids is 1. The number of pyridine rings is 1. The maximum Gasteiger partial charge on any atom is 0.356 e. The molecule has 0 spiro atoms. The summed E-state index contributed by atoms with van der Waals surface area (Å²) in [5.41, 5.74) is 0.905. The van der Waals surface area contributed by atoms with Crippen LogP contribution in [0, 0.1) is 5.92 Å². The van der Waals surface area contributed by atoms with Gasteiger partial charge in [0.25, 0.3) is 0 Å². The highest BCUT2D eigenvalue weighted by atomic mass is 16.5. The Morgan fingerprint density at radius 3 is 3.14 bits per heavy atom. The summed E-state index contributed by atoms with van der Waals surface area (Å²) in [6, 6.07) is 5.50. The quantitative estimate of drug-likeness (QED) is 0.931. The van der Waals surface area contributed by atoms with Crippen molar-refractivity contribution in [1.82, 2.24) is 9.38 Å². The predicted octanol–water partition coefficient (Wildman–Crippen LogP) is 1.90. The molecule has 112 valence electrons. The number of methoxy groups -OCH3 is 1. The minimum atomic E-state index is -0.947. The number of nitrogens with zero attached hydrogens (tertiary/aromatic N) is 3. The zero-order valence-corrected chi connectivity index (χ0v) is 12.0. The third-order valence-corrected chi connectivity index (χ3v) is 3.93. The van der Waals surface area contributed by atoms with Gasteiger partial charge in [-0.1, -0.05) is 6.07 Å². The highest BCUT2D eigenvalue weighted by Crippen LogP contribution is 2.27. The lowest BCUT2D eigenvalue weighted by Crippen LogP contribution is -2.38. The summed E-state index contributed by atoms with van der Waals surface area (Å²) in [6.45, 7) is 2.33. The largest absolute Gasteiger partial charge is 0.476 e. The van der Waals surface area contributed by atoms with Crippen LogP contribution in [-0.4, -0.2) is 47.3 Å². The molecular formula is C15H19N3O3. The van der Waals surface area contributed by atoms with E-state index in [4.69, 9.17) is 4.74 Å². The van der Waals surface area contributed by atoms with Gasteiger partial charge in [0, 0.05) is 26.4 Å². The van der Waals surface area contributed by atoms with Crippen LogP contribution in [0.4, 0.5) is 5.82 Å². The molecule has 6 heteroatoms. The van der Waals surface area contributed by atoms with Crippen molar-refractivity contribution in [1.29, 1.82) is 0 Å². The van der Waals surface area contributed by atoms with E-state index in [9.17, 15) is 9.90 Å². The highest BCUT2D eigenvalue weighted by Gasteiger charge is 2.27. The fourth-order valence-corrected chi connectivity index (χ4v) is 3.03. The van der Waals surface area contributed by atoms with E-state index in [1.807, 2.05) is 18.2 Å². The van der Waals surface area contributed by atoms with Crippen LogP contribution in [0.5, 0.6) is 0 Å². The highest BCUT2D eigenvalue weighted by molar-refractivity contribution is 5.93. The van der Waals surface area contributed by atoms with Crippen molar-refractivity contribution >= 4 is 17.4 Å². The van der Waals surface area contributed by atoms with Crippen molar-refractivity contribution < 1.29 is 14.6 Å². The van der Waals surface area contributed by atoms with Crippen molar-refractivity contribution in [2.75, 3.05) is 31.7 Å². The molecule has 1 N–H and O–H groups in total. The summed E-state index contributed by atoms with van der Waals surface area (Å²) in [6.07, 6.45) is 3.88. The Bertz CT molecular complexity index is 651. The molecule has 0 bridgehead atoms. The summed E-state index contributed by atoms with van der Waals surface area (Å²) < 4.78 is 6.87. The zero-order chi connectivity index (χ0) is 14.8. The monoisotopic (exact) mass is 289 g/mol. The first-order chi connectivity index (χ1) is 10.2. The number of hydrogen-bond acceptors (Lipinski definition) is 4. The van der Waals surface area contributed by atoms with Gasteiger partial charge in [0.05, 0.1) is 6.61 Å². The molecule has 0 saturated carbocycles.